The Bertz CT molecular complexity index is 709. The Labute approximate surface area is 159 Å². The van der Waals surface area contributed by atoms with Crippen LogP contribution in [0.15, 0.2) is 41.0 Å². The van der Waals surface area contributed by atoms with Crippen LogP contribution in [0.5, 0.6) is 5.75 Å². The normalized spacial score (nSPS) is 15.8. The number of ether oxygens (including phenoxy) is 2. The highest BCUT2D eigenvalue weighted by atomic mass is 35.5. The van der Waals surface area contributed by atoms with Crippen molar-refractivity contribution in [2.24, 2.45) is 5.73 Å². The summed E-state index contributed by atoms with van der Waals surface area (Å²) in [6, 6.07) is 9.73. The molecule has 1 fully saturated rings. The highest BCUT2D eigenvalue weighted by Gasteiger charge is 2.35. The van der Waals surface area contributed by atoms with Gasteiger partial charge in [0.05, 0.1) is 19.2 Å². The monoisotopic (exact) mass is 380 g/mol. The maximum atomic E-state index is 12.4. The predicted molar refractivity (Wildman–Crippen MR) is 101 cm³/mol. The number of hydrogen-bond acceptors (Lipinski definition) is 5. The number of rotatable bonds is 6. The average molecular weight is 381 g/mol. The standard InChI is InChI=1S/C19H24N2O4.ClH/c1-23-16-4-2-15(3-5-16)19(6-8-24-9-7-19)13-21-18(22)14-10-17(11-20)25-12-14;/h2-5,10,12H,6-9,11,13,20H2,1H3,(H,21,22);1H. The minimum Gasteiger partial charge on any atom is -0.497 e. The van der Waals surface area contributed by atoms with E-state index < -0.39 is 0 Å². The lowest BCUT2D eigenvalue weighted by molar-refractivity contribution is 0.0487. The first-order chi connectivity index (χ1) is 12.2. The first-order valence-corrected chi connectivity index (χ1v) is 8.45. The summed E-state index contributed by atoms with van der Waals surface area (Å²) in [5.41, 5.74) is 7.07. The summed E-state index contributed by atoms with van der Waals surface area (Å²) < 4.78 is 16.0. The first kappa shape index (κ1) is 20.3. The fraction of sp³-hybridized carbons (Fsp3) is 0.421. The van der Waals surface area contributed by atoms with E-state index >= 15 is 0 Å². The Morgan fingerprint density at radius 3 is 2.54 bits per heavy atom. The third-order valence-electron chi connectivity index (χ3n) is 4.86. The molecule has 7 heteroatoms. The van der Waals surface area contributed by atoms with Gasteiger partial charge in [0.2, 0.25) is 0 Å². The summed E-state index contributed by atoms with van der Waals surface area (Å²) in [5, 5.41) is 3.05. The van der Waals surface area contributed by atoms with Gasteiger partial charge in [0.1, 0.15) is 17.8 Å². The van der Waals surface area contributed by atoms with Gasteiger partial charge < -0.3 is 24.9 Å². The van der Waals surface area contributed by atoms with Crippen LogP contribution >= 0.6 is 12.4 Å². The summed E-state index contributed by atoms with van der Waals surface area (Å²) >= 11 is 0. The van der Waals surface area contributed by atoms with Crippen molar-refractivity contribution in [1.82, 2.24) is 5.32 Å². The summed E-state index contributed by atoms with van der Waals surface area (Å²) in [7, 11) is 1.65. The number of hydrogen-bond donors (Lipinski definition) is 2. The number of nitrogens with two attached hydrogens (primary N) is 1. The lowest BCUT2D eigenvalue weighted by atomic mass is 9.74. The van der Waals surface area contributed by atoms with Crippen LogP contribution in [0.3, 0.4) is 0 Å². The fourth-order valence-electron chi connectivity index (χ4n) is 3.23. The molecular weight excluding hydrogens is 356 g/mol. The van der Waals surface area contributed by atoms with Gasteiger partial charge >= 0.3 is 0 Å². The molecule has 0 aliphatic carbocycles. The lowest BCUT2D eigenvalue weighted by Gasteiger charge is -2.38. The number of amides is 1. The molecule has 0 saturated carbocycles. The van der Waals surface area contributed by atoms with Crippen molar-refractivity contribution in [3.63, 3.8) is 0 Å². The van der Waals surface area contributed by atoms with Gasteiger partial charge in [-0.05, 0) is 36.6 Å². The van der Waals surface area contributed by atoms with Gasteiger partial charge in [-0.3, -0.25) is 4.79 Å². The van der Waals surface area contributed by atoms with Gasteiger partial charge in [0.25, 0.3) is 5.91 Å². The van der Waals surface area contributed by atoms with Crippen molar-refractivity contribution in [3.8, 4) is 5.75 Å². The Hall–Kier alpha value is -2.02. The Balaban J connectivity index is 0.00000243. The molecule has 0 unspecified atom stereocenters. The molecule has 0 atom stereocenters. The quantitative estimate of drug-likeness (QED) is 0.804. The topological polar surface area (TPSA) is 86.7 Å². The minimum atomic E-state index is -0.150. The van der Waals surface area contributed by atoms with Crippen molar-refractivity contribution >= 4 is 18.3 Å². The van der Waals surface area contributed by atoms with Crippen LogP contribution in [0.25, 0.3) is 0 Å². The molecule has 3 rings (SSSR count). The molecule has 6 nitrogen and oxygen atoms in total. The average Bonchev–Trinajstić information content (AvgIpc) is 3.16. The molecule has 0 radical (unpaired) electrons. The van der Waals surface area contributed by atoms with Crippen LogP contribution < -0.4 is 15.8 Å². The molecule has 1 saturated heterocycles. The minimum absolute atomic E-state index is 0. The Morgan fingerprint density at radius 1 is 1.27 bits per heavy atom. The zero-order valence-corrected chi connectivity index (χ0v) is 15.6. The Kier molecular flexibility index (Phi) is 7.08. The van der Waals surface area contributed by atoms with Crippen LogP contribution in [0, 0.1) is 0 Å². The maximum Gasteiger partial charge on any atom is 0.254 e. The summed E-state index contributed by atoms with van der Waals surface area (Å²) in [4.78, 5) is 12.4. The first-order valence-electron chi connectivity index (χ1n) is 8.45. The number of nitrogens with one attached hydrogen (secondary N) is 1. The molecule has 1 aliphatic heterocycles. The third-order valence-corrected chi connectivity index (χ3v) is 4.86. The van der Waals surface area contributed by atoms with Crippen molar-refractivity contribution in [3.05, 3.63) is 53.5 Å². The Morgan fingerprint density at radius 2 is 1.96 bits per heavy atom. The van der Waals surface area contributed by atoms with Gasteiger partial charge in [-0.1, -0.05) is 12.1 Å². The van der Waals surface area contributed by atoms with Gasteiger partial charge in [-0.25, -0.2) is 0 Å². The smallest absolute Gasteiger partial charge is 0.254 e. The van der Waals surface area contributed by atoms with Crippen molar-refractivity contribution in [1.29, 1.82) is 0 Å². The van der Waals surface area contributed by atoms with E-state index in [0.29, 0.717) is 31.1 Å². The van der Waals surface area contributed by atoms with Crippen LogP contribution in [0.4, 0.5) is 0 Å². The molecule has 1 amide bonds. The zero-order chi connectivity index (χ0) is 17.7. The molecule has 1 aliphatic rings. The molecule has 0 bridgehead atoms. The number of carbonyl (C=O) groups excluding carboxylic acids is 1. The number of methoxy groups -OCH3 is 1. The largest absolute Gasteiger partial charge is 0.497 e. The molecule has 3 N–H and O–H groups in total. The highest BCUT2D eigenvalue weighted by molar-refractivity contribution is 5.94. The van der Waals surface area contributed by atoms with Crippen LogP contribution in [0.1, 0.15) is 34.5 Å². The zero-order valence-electron chi connectivity index (χ0n) is 14.8. The summed E-state index contributed by atoms with van der Waals surface area (Å²) in [6.45, 7) is 2.20. The molecule has 1 aromatic carbocycles. The fourth-order valence-corrected chi connectivity index (χ4v) is 3.23. The van der Waals surface area contributed by atoms with E-state index in [1.165, 1.54) is 11.8 Å². The van der Waals surface area contributed by atoms with E-state index in [2.05, 4.69) is 17.4 Å². The molecule has 0 spiro atoms. The number of benzene rings is 1. The van der Waals surface area contributed by atoms with E-state index in [9.17, 15) is 4.79 Å². The van der Waals surface area contributed by atoms with Crippen molar-refractivity contribution in [2.75, 3.05) is 26.9 Å². The van der Waals surface area contributed by atoms with E-state index in [-0.39, 0.29) is 30.3 Å². The highest BCUT2D eigenvalue weighted by Crippen LogP contribution is 2.35. The number of halogens is 1. The molecule has 142 valence electrons. The molecule has 2 aromatic rings. The maximum absolute atomic E-state index is 12.4. The van der Waals surface area contributed by atoms with E-state index in [0.717, 1.165) is 18.6 Å². The molecule has 2 heterocycles. The van der Waals surface area contributed by atoms with Gasteiger partial charge in [0, 0.05) is 25.2 Å². The molecular formula is C19H25ClN2O4. The van der Waals surface area contributed by atoms with Crippen molar-refractivity contribution < 1.29 is 18.7 Å². The summed E-state index contributed by atoms with van der Waals surface area (Å²) in [6.07, 6.45) is 3.17. The predicted octanol–water partition coefficient (Wildman–Crippen LogP) is 2.65. The lowest BCUT2D eigenvalue weighted by Crippen LogP contribution is -2.44. The third kappa shape index (κ3) is 4.38. The van der Waals surface area contributed by atoms with Gasteiger partial charge in [0.15, 0.2) is 0 Å². The van der Waals surface area contributed by atoms with Crippen LogP contribution in [0.2, 0.25) is 0 Å². The second-order valence-electron chi connectivity index (χ2n) is 6.31. The second-order valence-corrected chi connectivity index (χ2v) is 6.31. The van der Waals surface area contributed by atoms with Gasteiger partial charge in [-0.2, -0.15) is 0 Å². The van der Waals surface area contributed by atoms with E-state index in [1.54, 1.807) is 13.2 Å². The van der Waals surface area contributed by atoms with E-state index in [4.69, 9.17) is 19.6 Å². The summed E-state index contributed by atoms with van der Waals surface area (Å²) in [5.74, 6) is 1.27. The van der Waals surface area contributed by atoms with Gasteiger partial charge in [-0.15, -0.1) is 12.4 Å². The molecule has 1 aromatic heterocycles. The van der Waals surface area contributed by atoms with Crippen LogP contribution in [-0.4, -0.2) is 32.8 Å². The van der Waals surface area contributed by atoms with Crippen LogP contribution in [-0.2, 0) is 16.7 Å². The SMILES string of the molecule is COc1ccc(C2(CNC(=O)c3coc(CN)c3)CCOCC2)cc1.Cl. The van der Waals surface area contributed by atoms with Crippen molar-refractivity contribution in [2.45, 2.75) is 24.8 Å². The number of furan rings is 1. The van der Waals surface area contributed by atoms with E-state index in [1.807, 2.05) is 12.1 Å². The molecule has 26 heavy (non-hydrogen) atoms. The number of carbonyl (C=O) groups is 1. The second kappa shape index (κ2) is 9.07.